The van der Waals surface area contributed by atoms with Gasteiger partial charge in [0.25, 0.3) is 0 Å². The highest BCUT2D eigenvalue weighted by molar-refractivity contribution is 5.83. The number of nitrogens with two attached hydrogens (primary N) is 1. The van der Waals surface area contributed by atoms with Crippen LogP contribution in [0.3, 0.4) is 0 Å². The number of hydrogen-bond donors (Lipinski definition) is 4. The van der Waals surface area contributed by atoms with Crippen molar-refractivity contribution in [2.45, 2.75) is 38.3 Å². The van der Waals surface area contributed by atoms with Crippen LogP contribution in [0.4, 0.5) is 4.79 Å². The van der Waals surface area contributed by atoms with E-state index in [9.17, 15) is 14.4 Å². The first-order valence-electron chi connectivity index (χ1n) is 5.45. The number of carboxylic acid groups (broad SMARTS) is 1. The van der Waals surface area contributed by atoms with Gasteiger partial charge in [-0.1, -0.05) is 12.8 Å². The first-order chi connectivity index (χ1) is 8.40. The van der Waals surface area contributed by atoms with Crippen LogP contribution in [-0.4, -0.2) is 35.1 Å². The molecule has 3 amide bonds. The molecule has 0 rings (SSSR count). The normalized spacial score (nSPS) is 12.9. The van der Waals surface area contributed by atoms with Crippen molar-refractivity contribution in [3.8, 4) is 12.3 Å². The van der Waals surface area contributed by atoms with Crippen LogP contribution in [0.1, 0.15) is 26.2 Å². The summed E-state index contributed by atoms with van der Waals surface area (Å²) in [5.74, 6) is 0.480. The van der Waals surface area contributed by atoms with Crippen LogP contribution in [0.15, 0.2) is 0 Å². The summed E-state index contributed by atoms with van der Waals surface area (Å²) in [5, 5.41) is 13.5. The third kappa shape index (κ3) is 6.37. The lowest BCUT2D eigenvalue weighted by atomic mass is 10.1. The Balaban J connectivity index is 4.32. The van der Waals surface area contributed by atoms with E-state index in [2.05, 4.69) is 16.6 Å². The van der Waals surface area contributed by atoms with Gasteiger partial charge in [0.2, 0.25) is 5.91 Å². The molecule has 2 atom stereocenters. The molecule has 100 valence electrons. The fourth-order valence-corrected chi connectivity index (χ4v) is 1.16. The number of rotatable bonds is 7. The van der Waals surface area contributed by atoms with Gasteiger partial charge in [-0.25, -0.2) is 9.59 Å². The number of carbonyl (C=O) groups excluding carboxylic acids is 2. The minimum atomic E-state index is -1.24. The zero-order valence-electron chi connectivity index (χ0n) is 10.1. The van der Waals surface area contributed by atoms with Crippen molar-refractivity contribution in [2.75, 3.05) is 0 Å². The van der Waals surface area contributed by atoms with Crippen molar-refractivity contribution in [3.63, 3.8) is 0 Å². The van der Waals surface area contributed by atoms with E-state index in [0.717, 1.165) is 0 Å². The number of terminal acetylenes is 1. The Hall–Kier alpha value is -2.23. The topological polar surface area (TPSA) is 122 Å². The Kier molecular flexibility index (Phi) is 6.96. The quantitative estimate of drug-likeness (QED) is 0.454. The van der Waals surface area contributed by atoms with Crippen LogP contribution in [0.2, 0.25) is 0 Å². The summed E-state index contributed by atoms with van der Waals surface area (Å²) in [6.07, 6.45) is 5.50. The molecule has 7 heteroatoms. The van der Waals surface area contributed by atoms with Gasteiger partial charge in [-0.3, -0.25) is 4.79 Å². The molecule has 0 saturated heterocycles. The Morgan fingerprint density at radius 2 is 2.00 bits per heavy atom. The molecule has 0 spiro atoms. The molecule has 0 aliphatic rings. The van der Waals surface area contributed by atoms with Crippen molar-refractivity contribution in [2.24, 2.45) is 5.73 Å². The van der Waals surface area contributed by atoms with Crippen molar-refractivity contribution >= 4 is 17.9 Å². The van der Waals surface area contributed by atoms with Gasteiger partial charge in [-0.2, -0.15) is 0 Å². The molecule has 0 aliphatic heterocycles. The Labute approximate surface area is 105 Å². The number of aliphatic carboxylic acids is 1. The summed E-state index contributed by atoms with van der Waals surface area (Å²) in [5.41, 5.74) is 4.91. The predicted molar refractivity (Wildman–Crippen MR) is 64.4 cm³/mol. The molecule has 0 aliphatic carbocycles. The smallest absolute Gasteiger partial charge is 0.326 e. The largest absolute Gasteiger partial charge is 0.480 e. The molecule has 18 heavy (non-hydrogen) atoms. The molecular formula is C11H17N3O4. The van der Waals surface area contributed by atoms with Gasteiger partial charge in [-0.05, 0) is 12.8 Å². The first-order valence-corrected chi connectivity index (χ1v) is 5.45. The summed E-state index contributed by atoms with van der Waals surface area (Å²) in [4.78, 5) is 32.8. The summed E-state index contributed by atoms with van der Waals surface area (Å²) in [6.45, 7) is 1.78. The van der Waals surface area contributed by atoms with Crippen molar-refractivity contribution in [1.29, 1.82) is 0 Å². The van der Waals surface area contributed by atoms with Crippen LogP contribution in [0, 0.1) is 12.3 Å². The maximum Gasteiger partial charge on any atom is 0.326 e. The molecule has 0 bridgehead atoms. The highest BCUT2D eigenvalue weighted by atomic mass is 16.4. The van der Waals surface area contributed by atoms with Gasteiger partial charge in [-0.15, -0.1) is 6.42 Å². The van der Waals surface area contributed by atoms with Crippen LogP contribution < -0.4 is 16.4 Å². The Morgan fingerprint density at radius 1 is 1.39 bits per heavy atom. The summed E-state index contributed by atoms with van der Waals surface area (Å²) < 4.78 is 0. The second kappa shape index (κ2) is 7.95. The SMILES string of the molecule is C#CC(CC)NC(=O)N[C@H](CCC(N)=O)C(=O)O. The molecule has 7 nitrogen and oxygen atoms in total. The van der Waals surface area contributed by atoms with Gasteiger partial charge in [0, 0.05) is 6.42 Å². The second-order valence-corrected chi connectivity index (χ2v) is 3.64. The minimum Gasteiger partial charge on any atom is -0.480 e. The van der Waals surface area contributed by atoms with E-state index in [-0.39, 0.29) is 12.8 Å². The Morgan fingerprint density at radius 3 is 2.39 bits per heavy atom. The van der Waals surface area contributed by atoms with Crippen LogP contribution in [0.25, 0.3) is 0 Å². The van der Waals surface area contributed by atoms with Crippen molar-refractivity contribution < 1.29 is 19.5 Å². The van der Waals surface area contributed by atoms with Gasteiger partial charge < -0.3 is 21.5 Å². The number of carboxylic acids is 1. The van der Waals surface area contributed by atoms with E-state index in [1.165, 1.54) is 0 Å². The fraction of sp³-hybridized carbons (Fsp3) is 0.545. The average molecular weight is 255 g/mol. The monoisotopic (exact) mass is 255 g/mol. The standard InChI is InChI=1S/C11H17N3O4/c1-3-7(4-2)13-11(18)14-8(10(16)17)5-6-9(12)15/h1,7-8H,4-6H2,2H3,(H2,12,15)(H,16,17)(H2,13,14,18)/t7?,8-/m1/s1. The number of amides is 3. The number of urea groups is 1. The summed E-state index contributed by atoms with van der Waals surface area (Å²) >= 11 is 0. The lowest BCUT2D eigenvalue weighted by molar-refractivity contribution is -0.139. The van der Waals surface area contributed by atoms with E-state index >= 15 is 0 Å². The molecule has 0 radical (unpaired) electrons. The summed E-state index contributed by atoms with van der Waals surface area (Å²) in [6, 6.07) is -2.32. The van der Waals surface area contributed by atoms with Crippen LogP contribution in [-0.2, 0) is 9.59 Å². The lowest BCUT2D eigenvalue weighted by Crippen LogP contribution is -2.48. The molecule has 0 aromatic heterocycles. The van der Waals surface area contributed by atoms with Gasteiger partial charge in [0.1, 0.15) is 6.04 Å². The van der Waals surface area contributed by atoms with E-state index < -0.39 is 30.0 Å². The molecule has 0 aromatic rings. The maximum absolute atomic E-state index is 11.4. The number of carbonyl (C=O) groups is 3. The zero-order valence-corrected chi connectivity index (χ0v) is 10.1. The van der Waals surface area contributed by atoms with Crippen LogP contribution in [0.5, 0.6) is 0 Å². The molecular weight excluding hydrogens is 238 g/mol. The van der Waals surface area contributed by atoms with Crippen molar-refractivity contribution in [1.82, 2.24) is 10.6 Å². The van der Waals surface area contributed by atoms with E-state index in [1.54, 1.807) is 6.92 Å². The fourth-order valence-electron chi connectivity index (χ4n) is 1.16. The third-order valence-corrected chi connectivity index (χ3v) is 2.20. The molecule has 0 fully saturated rings. The highest BCUT2D eigenvalue weighted by Gasteiger charge is 2.21. The lowest BCUT2D eigenvalue weighted by Gasteiger charge is -2.16. The second-order valence-electron chi connectivity index (χ2n) is 3.64. The van der Waals surface area contributed by atoms with E-state index in [4.69, 9.17) is 17.3 Å². The Bertz CT molecular complexity index is 362. The maximum atomic E-state index is 11.4. The van der Waals surface area contributed by atoms with E-state index in [0.29, 0.717) is 6.42 Å². The van der Waals surface area contributed by atoms with Gasteiger partial charge in [0.15, 0.2) is 0 Å². The average Bonchev–Trinajstić information content (AvgIpc) is 2.30. The number of hydrogen-bond acceptors (Lipinski definition) is 3. The van der Waals surface area contributed by atoms with Gasteiger partial charge in [0.05, 0.1) is 6.04 Å². The molecule has 0 heterocycles. The highest BCUT2D eigenvalue weighted by Crippen LogP contribution is 1.98. The molecule has 5 N–H and O–H groups in total. The van der Waals surface area contributed by atoms with Gasteiger partial charge >= 0.3 is 12.0 Å². The minimum absolute atomic E-state index is 0.0646. The zero-order chi connectivity index (χ0) is 14.1. The van der Waals surface area contributed by atoms with Crippen molar-refractivity contribution in [3.05, 3.63) is 0 Å². The summed E-state index contributed by atoms with van der Waals surface area (Å²) in [7, 11) is 0. The molecule has 0 saturated carbocycles. The first kappa shape index (κ1) is 15.8. The van der Waals surface area contributed by atoms with E-state index in [1.807, 2.05) is 0 Å². The molecule has 1 unspecified atom stereocenters. The third-order valence-electron chi connectivity index (χ3n) is 2.20. The van der Waals surface area contributed by atoms with Crippen LogP contribution >= 0.6 is 0 Å². The predicted octanol–water partition coefficient (Wildman–Crippen LogP) is -0.584. The number of primary amides is 1. The number of nitrogens with one attached hydrogen (secondary N) is 2. The molecule has 0 aromatic carbocycles.